The summed E-state index contributed by atoms with van der Waals surface area (Å²) in [6.45, 7) is 0. The first-order valence-corrected chi connectivity index (χ1v) is 8.43. The topological polar surface area (TPSA) is 25.8 Å². The Morgan fingerprint density at radius 3 is 1.44 bits per heavy atom. The van der Waals surface area contributed by atoms with Gasteiger partial charge in [0.05, 0.1) is 0 Å². The molecule has 2 nitrogen and oxygen atoms in total. The molecule has 132 valence electrons. The Hall–Kier alpha value is -2.86. The molecule has 2 heterocycles. The number of fused-ring (bicyclic) bond motifs is 1. The molecule has 0 radical (unpaired) electrons. The Morgan fingerprint density at radius 1 is 0.593 bits per heavy atom. The van der Waals surface area contributed by atoms with E-state index in [2.05, 4.69) is 46.4 Å². The average molecular weight is 439 g/mol. The molecule has 27 heavy (non-hydrogen) atoms. The fraction of sp³-hybridized carbons (Fsp3) is 0. The van der Waals surface area contributed by atoms with E-state index in [1.54, 1.807) is 12.4 Å². The molecular weight excluding hydrogens is 423 g/mol. The zero-order chi connectivity index (χ0) is 17.6. The Morgan fingerprint density at radius 2 is 1.04 bits per heavy atom. The van der Waals surface area contributed by atoms with Crippen molar-refractivity contribution in [3.8, 4) is 0 Å². The van der Waals surface area contributed by atoms with Gasteiger partial charge in [0.1, 0.15) is 0 Å². The molecule has 0 aliphatic carbocycles. The van der Waals surface area contributed by atoms with Crippen molar-refractivity contribution in [2.45, 2.75) is 0 Å². The number of rotatable bonds is 4. The second kappa shape index (κ2) is 9.19. The minimum Gasteiger partial charge on any atom is -0.305 e. The second-order valence-corrected chi connectivity index (χ2v) is 5.83. The summed E-state index contributed by atoms with van der Waals surface area (Å²) in [5.41, 5.74) is 3.70. The van der Waals surface area contributed by atoms with Gasteiger partial charge in [-0.3, -0.25) is 0 Å². The molecule has 0 amide bonds. The largest absolute Gasteiger partial charge is 2.00 e. The van der Waals surface area contributed by atoms with Crippen molar-refractivity contribution in [2.24, 2.45) is 0 Å². The predicted octanol–water partition coefficient (Wildman–Crippen LogP) is 5.36. The minimum absolute atomic E-state index is 0. The number of nitrogens with zero attached hydrogens (tertiary/aromatic N) is 2. The summed E-state index contributed by atoms with van der Waals surface area (Å²) in [6.07, 6.45) is 14.1. The summed E-state index contributed by atoms with van der Waals surface area (Å²) in [5.74, 6) is 0. The van der Waals surface area contributed by atoms with Crippen molar-refractivity contribution in [2.75, 3.05) is 0 Å². The van der Waals surface area contributed by atoms with Crippen LogP contribution in [0.15, 0.2) is 85.2 Å². The average Bonchev–Trinajstić information content (AvgIpc) is 2.72. The molecule has 0 unspecified atom stereocenters. The Kier molecular flexibility index (Phi) is 6.44. The van der Waals surface area contributed by atoms with Gasteiger partial charge < -0.3 is 9.97 Å². The SMILES string of the molecule is [C-](=Cc1ccccn1)c1cc2ccccc2cc1[C-]=Cc1ccccn1.[Pd+2]. The van der Waals surface area contributed by atoms with Crippen molar-refractivity contribution in [1.82, 2.24) is 9.97 Å². The fourth-order valence-corrected chi connectivity index (χ4v) is 2.71. The summed E-state index contributed by atoms with van der Waals surface area (Å²) in [7, 11) is 0. The van der Waals surface area contributed by atoms with Crippen LogP contribution in [0, 0.1) is 12.2 Å². The molecule has 0 fully saturated rings. The van der Waals surface area contributed by atoms with Crippen LogP contribution in [0.2, 0.25) is 0 Å². The van der Waals surface area contributed by atoms with Crippen LogP contribution in [0.5, 0.6) is 0 Å². The fourth-order valence-electron chi connectivity index (χ4n) is 2.71. The third-order valence-electron chi connectivity index (χ3n) is 4.01. The molecule has 3 heteroatoms. The molecule has 0 aliphatic heterocycles. The van der Waals surface area contributed by atoms with Crippen molar-refractivity contribution < 1.29 is 20.4 Å². The van der Waals surface area contributed by atoms with E-state index in [0.717, 1.165) is 22.5 Å². The number of pyridine rings is 2. The molecule has 2 aromatic carbocycles. The van der Waals surface area contributed by atoms with E-state index in [9.17, 15) is 0 Å². The Balaban J connectivity index is 0.00000210. The van der Waals surface area contributed by atoms with Gasteiger partial charge in [-0.15, -0.1) is 12.2 Å². The smallest absolute Gasteiger partial charge is 0.305 e. The summed E-state index contributed by atoms with van der Waals surface area (Å²) in [4.78, 5) is 8.65. The van der Waals surface area contributed by atoms with Crippen LogP contribution in [0.1, 0.15) is 22.5 Å². The van der Waals surface area contributed by atoms with E-state index in [-0.39, 0.29) is 20.4 Å². The summed E-state index contributed by atoms with van der Waals surface area (Å²) in [5, 5.41) is 2.35. The van der Waals surface area contributed by atoms with Gasteiger partial charge in [0.25, 0.3) is 0 Å². The normalized spacial score (nSPS) is 11.1. The van der Waals surface area contributed by atoms with Gasteiger partial charge in [-0.2, -0.15) is 24.3 Å². The van der Waals surface area contributed by atoms with Crippen molar-refractivity contribution in [3.63, 3.8) is 0 Å². The number of aromatic nitrogens is 2. The van der Waals surface area contributed by atoms with Gasteiger partial charge >= 0.3 is 20.4 Å². The molecule has 0 atom stereocenters. The minimum atomic E-state index is 0. The molecule has 2 aromatic heterocycles. The molecule has 0 N–H and O–H groups in total. The first-order chi connectivity index (χ1) is 12.9. The standard InChI is InChI=1S/C24H16N2.Pd/c1-2-8-20-18-22(12-14-24-10-4-6-16-26-24)21(17-19(20)7-1)11-13-23-9-3-5-15-25-23;/h1-10,13-18H;/q-2;+2. The van der Waals surface area contributed by atoms with Crippen LogP contribution < -0.4 is 0 Å². The molecule has 4 rings (SSSR count). The van der Waals surface area contributed by atoms with Crippen LogP contribution in [-0.2, 0) is 20.4 Å². The summed E-state index contributed by atoms with van der Waals surface area (Å²) >= 11 is 0. The molecule has 0 saturated heterocycles. The molecule has 0 spiro atoms. The monoisotopic (exact) mass is 438 g/mol. The number of hydrogen-bond donors (Lipinski definition) is 0. The van der Waals surface area contributed by atoms with Crippen LogP contribution in [0.25, 0.3) is 22.9 Å². The van der Waals surface area contributed by atoms with Crippen LogP contribution in [0.3, 0.4) is 0 Å². The van der Waals surface area contributed by atoms with Crippen LogP contribution in [0.4, 0.5) is 0 Å². The van der Waals surface area contributed by atoms with E-state index in [0.29, 0.717) is 0 Å². The first-order valence-electron chi connectivity index (χ1n) is 8.43. The van der Waals surface area contributed by atoms with Crippen LogP contribution >= 0.6 is 0 Å². The van der Waals surface area contributed by atoms with Gasteiger partial charge in [0, 0.05) is 12.4 Å². The molecule has 0 bridgehead atoms. The number of hydrogen-bond acceptors (Lipinski definition) is 2. The maximum absolute atomic E-state index is 4.32. The number of benzene rings is 2. The maximum Gasteiger partial charge on any atom is 2.00 e. The van der Waals surface area contributed by atoms with Crippen LogP contribution in [-0.4, -0.2) is 9.97 Å². The van der Waals surface area contributed by atoms with E-state index in [1.807, 2.05) is 60.7 Å². The third kappa shape index (κ3) is 4.86. The van der Waals surface area contributed by atoms with E-state index in [4.69, 9.17) is 0 Å². The van der Waals surface area contributed by atoms with E-state index in [1.165, 1.54) is 10.8 Å². The van der Waals surface area contributed by atoms with Gasteiger partial charge in [0.15, 0.2) is 0 Å². The Bertz CT molecular complexity index is 983. The maximum atomic E-state index is 4.32. The molecule has 0 aliphatic rings. The zero-order valence-corrected chi connectivity index (χ0v) is 16.0. The second-order valence-electron chi connectivity index (χ2n) is 5.83. The van der Waals surface area contributed by atoms with Crippen molar-refractivity contribution in [3.05, 3.63) is 120 Å². The van der Waals surface area contributed by atoms with Gasteiger partial charge in [-0.05, 0) is 23.5 Å². The first kappa shape index (κ1) is 18.9. The van der Waals surface area contributed by atoms with Gasteiger partial charge in [-0.1, -0.05) is 59.3 Å². The summed E-state index contributed by atoms with van der Waals surface area (Å²) < 4.78 is 0. The quantitative estimate of drug-likeness (QED) is 0.317. The summed E-state index contributed by atoms with van der Waals surface area (Å²) in [6, 6.07) is 24.2. The Labute approximate surface area is 173 Å². The zero-order valence-electron chi connectivity index (χ0n) is 14.4. The predicted molar refractivity (Wildman–Crippen MR) is 106 cm³/mol. The molecule has 0 saturated carbocycles. The van der Waals surface area contributed by atoms with Crippen molar-refractivity contribution >= 4 is 22.9 Å². The third-order valence-corrected chi connectivity index (χ3v) is 4.01. The van der Waals surface area contributed by atoms with Gasteiger partial charge in [0.2, 0.25) is 0 Å². The van der Waals surface area contributed by atoms with Gasteiger partial charge in [-0.25, -0.2) is 11.1 Å². The van der Waals surface area contributed by atoms with E-state index < -0.39 is 0 Å². The molecule has 4 aromatic rings. The molecular formula is C24H16N2Pd. The van der Waals surface area contributed by atoms with Crippen molar-refractivity contribution in [1.29, 1.82) is 0 Å². The van der Waals surface area contributed by atoms with E-state index >= 15 is 0 Å².